The lowest BCUT2D eigenvalue weighted by atomic mass is 9.71. The first kappa shape index (κ1) is 43.2. The van der Waals surface area contributed by atoms with E-state index in [1.54, 1.807) is 34.6 Å². The molecule has 0 spiro atoms. The molecule has 3 rings (SSSR count). The molecule has 3 heterocycles. The van der Waals surface area contributed by atoms with E-state index in [2.05, 4.69) is 9.88 Å². The number of aromatic nitrogens is 1. The lowest BCUT2D eigenvalue weighted by Gasteiger charge is -2.36. The first-order valence-corrected chi connectivity index (χ1v) is 21.1. The molecular formula is C36H56N2O10S3. The highest BCUT2D eigenvalue weighted by Gasteiger charge is 2.49. The Kier molecular flexibility index (Phi) is 16.8. The number of cyclic esters (lactones) is 1. The molecule has 2 aliphatic heterocycles. The van der Waals surface area contributed by atoms with E-state index in [1.807, 2.05) is 32.2 Å². The molecule has 0 radical (unpaired) electrons. The van der Waals surface area contributed by atoms with Crippen LogP contribution >= 0.6 is 32.9 Å². The molecule has 10 atom stereocenters. The van der Waals surface area contributed by atoms with Gasteiger partial charge in [0.25, 0.3) is 0 Å². The second-order valence-corrected chi connectivity index (χ2v) is 18.2. The van der Waals surface area contributed by atoms with Gasteiger partial charge in [0, 0.05) is 47.9 Å². The van der Waals surface area contributed by atoms with Crippen LogP contribution in [0.5, 0.6) is 0 Å². The smallest absolute Gasteiger partial charge is 0.481 e. The van der Waals surface area contributed by atoms with E-state index in [9.17, 15) is 29.4 Å². The van der Waals surface area contributed by atoms with Crippen molar-refractivity contribution >= 4 is 62.9 Å². The van der Waals surface area contributed by atoms with Crippen molar-refractivity contribution in [2.24, 2.45) is 29.1 Å². The Morgan fingerprint density at radius 3 is 2.45 bits per heavy atom. The summed E-state index contributed by atoms with van der Waals surface area (Å²) in [5.74, 6) is -3.16. The van der Waals surface area contributed by atoms with Crippen molar-refractivity contribution in [3.63, 3.8) is 0 Å². The Morgan fingerprint density at radius 2 is 1.80 bits per heavy atom. The van der Waals surface area contributed by atoms with Crippen molar-refractivity contribution in [1.29, 1.82) is 0 Å². The minimum Gasteiger partial charge on any atom is -0.481 e. The summed E-state index contributed by atoms with van der Waals surface area (Å²) in [5.41, 5.74) is 0.269. The van der Waals surface area contributed by atoms with Gasteiger partial charge in [0.15, 0.2) is 0 Å². The number of nitrogens with zero attached hydrogens (tertiary/aromatic N) is 2. The van der Waals surface area contributed by atoms with E-state index in [-0.39, 0.29) is 37.0 Å². The van der Waals surface area contributed by atoms with Gasteiger partial charge in [0.05, 0.1) is 40.2 Å². The number of ketones is 1. The minimum atomic E-state index is -1.33. The number of aryl methyl sites for hydroxylation is 1. The number of hydrogen-bond acceptors (Lipinski definition) is 14. The van der Waals surface area contributed by atoms with E-state index in [1.165, 1.54) is 32.9 Å². The number of aliphatic hydroxyl groups excluding tert-OH is 2. The fourth-order valence-corrected chi connectivity index (χ4v) is 9.35. The molecule has 2 aliphatic rings. The van der Waals surface area contributed by atoms with Crippen LogP contribution in [0, 0.1) is 36.0 Å². The van der Waals surface area contributed by atoms with Crippen LogP contribution in [0.1, 0.15) is 84.9 Å². The average Bonchev–Trinajstić information content (AvgIpc) is 3.55. The fraction of sp³-hybridized carbons (Fsp3) is 0.750. The van der Waals surface area contributed by atoms with Crippen molar-refractivity contribution in [2.45, 2.75) is 111 Å². The first-order chi connectivity index (χ1) is 23.9. The topological polar surface area (TPSA) is 173 Å². The molecule has 12 nitrogen and oxygen atoms in total. The molecule has 1 aromatic rings. The van der Waals surface area contributed by atoms with Gasteiger partial charge in [0.1, 0.15) is 25.1 Å². The van der Waals surface area contributed by atoms with Gasteiger partial charge in [0.2, 0.25) is 0 Å². The Morgan fingerprint density at radius 1 is 1.12 bits per heavy atom. The maximum atomic E-state index is 13.6. The van der Waals surface area contributed by atoms with Crippen LogP contribution in [0.15, 0.2) is 11.0 Å². The highest BCUT2D eigenvalue weighted by atomic mass is 33.1. The van der Waals surface area contributed by atoms with Gasteiger partial charge >= 0.3 is 18.1 Å². The second-order valence-electron chi connectivity index (χ2n) is 14.5. The number of Topliss-reactive ketones (excluding diaryl/α,β-unsaturated/α-hetero) is 1. The first-order valence-electron chi connectivity index (χ1n) is 17.7. The zero-order valence-corrected chi connectivity index (χ0v) is 33.5. The Labute approximate surface area is 313 Å². The number of carboxylic acids is 1. The number of esters is 1. The van der Waals surface area contributed by atoms with Gasteiger partial charge in [-0.2, -0.15) is 0 Å². The van der Waals surface area contributed by atoms with E-state index < -0.39 is 59.6 Å². The summed E-state index contributed by atoms with van der Waals surface area (Å²) < 4.78 is 16.7. The number of aliphatic carboxylic acids is 1. The molecular weight excluding hydrogens is 717 g/mol. The molecule has 0 aliphatic carbocycles. The van der Waals surface area contributed by atoms with E-state index >= 15 is 0 Å². The Hall–Kier alpha value is -2.17. The van der Waals surface area contributed by atoms with Crippen LogP contribution in [0.4, 0.5) is 4.79 Å². The monoisotopic (exact) mass is 772 g/mol. The summed E-state index contributed by atoms with van der Waals surface area (Å²) in [7, 11) is 2.85. The normalized spacial score (nSPS) is 31.3. The van der Waals surface area contributed by atoms with Crippen LogP contribution in [-0.4, -0.2) is 111 Å². The molecule has 288 valence electrons. The van der Waals surface area contributed by atoms with Crippen molar-refractivity contribution in [2.75, 3.05) is 31.3 Å². The van der Waals surface area contributed by atoms with Crippen LogP contribution < -0.4 is 0 Å². The zero-order valence-electron chi connectivity index (χ0n) is 31.0. The molecule has 0 saturated carbocycles. The van der Waals surface area contributed by atoms with Gasteiger partial charge in [-0.15, -0.1) is 11.3 Å². The maximum Gasteiger partial charge on any atom is 0.508 e. The SMILES string of the molecule is CC(=Cc1csc(C)n1)C1CC2C(CCCC(C)C(O)C(C)C(=O)C(C)(C)[C@@H](O)C(C)C(=O)O1)N2CCOC(=O)OCCSSCC(C)C(=O)O. The standard InChI is InChI=1S/C36H56N2O10S3/c1-20-10-9-11-27-28(38(27)12-13-46-35(45)47-14-15-50-51-18-22(3)33(42)43)17-29(21(2)16-26-19-49-25(6)37-26)48-34(44)24(5)32(41)36(7,8)31(40)23(4)30(20)39/h16,19-20,22-24,27-30,32,39,41H,9-15,17-18H2,1-8H3,(H,42,43)/t20?,22?,23?,24?,27?,28?,29?,30?,32-,38?/m0/s1. The summed E-state index contributed by atoms with van der Waals surface area (Å²) >= 11 is 1.52. The van der Waals surface area contributed by atoms with Gasteiger partial charge in [-0.3, -0.25) is 19.3 Å². The number of ether oxygens (including phenoxy) is 3. The maximum absolute atomic E-state index is 13.6. The zero-order chi connectivity index (χ0) is 38.0. The number of fused-ring (bicyclic) bond motifs is 1. The number of aliphatic hydroxyl groups is 2. The fourth-order valence-electron chi connectivity index (χ4n) is 6.61. The third kappa shape index (κ3) is 12.4. The molecule has 2 saturated heterocycles. The summed E-state index contributed by atoms with van der Waals surface area (Å²) in [4.78, 5) is 57.2. The van der Waals surface area contributed by atoms with Crippen molar-refractivity contribution in [3.8, 4) is 0 Å². The van der Waals surface area contributed by atoms with E-state index in [4.69, 9.17) is 19.3 Å². The van der Waals surface area contributed by atoms with Crippen LogP contribution in [0.2, 0.25) is 0 Å². The number of carbonyl (C=O) groups excluding carboxylic acids is 3. The van der Waals surface area contributed by atoms with Crippen LogP contribution in [0.3, 0.4) is 0 Å². The van der Waals surface area contributed by atoms with Crippen molar-refractivity contribution in [3.05, 3.63) is 21.7 Å². The minimum absolute atomic E-state index is 0.0230. The number of carboxylic acid groups (broad SMARTS) is 1. The van der Waals surface area contributed by atoms with E-state index in [0.717, 1.165) is 29.1 Å². The second kappa shape index (κ2) is 19.8. The van der Waals surface area contributed by atoms with Gasteiger partial charge < -0.3 is 29.5 Å². The van der Waals surface area contributed by atoms with Gasteiger partial charge in [-0.05, 0) is 51.2 Å². The van der Waals surface area contributed by atoms with E-state index in [0.29, 0.717) is 30.9 Å². The molecule has 1 aromatic heterocycles. The third-order valence-electron chi connectivity index (χ3n) is 10.1. The largest absolute Gasteiger partial charge is 0.508 e. The molecule has 0 bridgehead atoms. The summed E-state index contributed by atoms with van der Waals surface area (Å²) in [6.07, 6.45) is 1.04. The van der Waals surface area contributed by atoms with Gasteiger partial charge in [-0.1, -0.05) is 62.6 Å². The lowest BCUT2D eigenvalue weighted by Crippen LogP contribution is -2.49. The summed E-state index contributed by atoms with van der Waals surface area (Å²) in [5, 5.41) is 34.3. The van der Waals surface area contributed by atoms with Crippen molar-refractivity contribution in [1.82, 2.24) is 9.88 Å². The van der Waals surface area contributed by atoms with Crippen LogP contribution in [0.25, 0.3) is 6.08 Å². The summed E-state index contributed by atoms with van der Waals surface area (Å²) in [6.45, 7) is 14.6. The quantitative estimate of drug-likeness (QED) is 0.0996. The third-order valence-corrected chi connectivity index (χ3v) is 13.4. The average molecular weight is 773 g/mol. The van der Waals surface area contributed by atoms with Gasteiger partial charge in [-0.25, -0.2) is 9.78 Å². The number of rotatable bonds is 12. The molecule has 2 fully saturated rings. The lowest BCUT2D eigenvalue weighted by molar-refractivity contribution is -0.162. The highest BCUT2D eigenvalue weighted by molar-refractivity contribution is 8.76. The number of carbonyl (C=O) groups is 4. The molecule has 0 aromatic carbocycles. The molecule has 51 heavy (non-hydrogen) atoms. The molecule has 15 heteroatoms. The molecule has 3 N–H and O–H groups in total. The predicted molar refractivity (Wildman–Crippen MR) is 200 cm³/mol. The number of hydrogen-bond donors (Lipinski definition) is 3. The highest BCUT2D eigenvalue weighted by Crippen LogP contribution is 2.40. The number of thiazole rings is 1. The molecule has 0 amide bonds. The van der Waals surface area contributed by atoms with Crippen molar-refractivity contribution < 1.29 is 48.7 Å². The summed E-state index contributed by atoms with van der Waals surface area (Å²) in [6, 6.07) is 0.148. The predicted octanol–water partition coefficient (Wildman–Crippen LogP) is 5.87. The van der Waals surface area contributed by atoms with Crippen LogP contribution in [-0.2, 0) is 28.6 Å². The Bertz CT molecular complexity index is 1370. The molecule has 9 unspecified atom stereocenters. The Balaban J connectivity index is 1.72.